The fourth-order valence-corrected chi connectivity index (χ4v) is 8.05. The van der Waals surface area contributed by atoms with E-state index in [2.05, 4.69) is 9.48 Å². The summed E-state index contributed by atoms with van der Waals surface area (Å²) < 4.78 is 69.7. The van der Waals surface area contributed by atoms with Gasteiger partial charge in [0.2, 0.25) is 5.69 Å². The summed E-state index contributed by atoms with van der Waals surface area (Å²) in [6.07, 6.45) is 12.0. The summed E-state index contributed by atoms with van der Waals surface area (Å²) in [5.41, 5.74) is 4.54. The molecule has 0 spiro atoms. The Labute approximate surface area is 306 Å². The summed E-state index contributed by atoms with van der Waals surface area (Å²) in [5, 5.41) is 18.1. The van der Waals surface area contributed by atoms with Crippen molar-refractivity contribution in [3.63, 3.8) is 0 Å². The second-order valence-electron chi connectivity index (χ2n) is 14.5. The number of fused-ring (bicyclic) bond motifs is 2. The molecule has 52 heavy (non-hydrogen) atoms. The lowest BCUT2D eigenvalue weighted by Crippen LogP contribution is -2.28. The Morgan fingerprint density at radius 1 is 0.769 bits per heavy atom. The topological polar surface area (TPSA) is 190 Å². The average Bonchev–Trinajstić information content (AvgIpc) is 3.38. The largest absolute Gasteiger partial charge is 0.481 e. The second-order valence-corrected chi connectivity index (χ2v) is 17.3. The van der Waals surface area contributed by atoms with Crippen molar-refractivity contribution in [1.29, 1.82) is 0 Å². The van der Waals surface area contributed by atoms with Crippen molar-refractivity contribution >= 4 is 49.3 Å². The van der Waals surface area contributed by atoms with Gasteiger partial charge in [0.1, 0.15) is 6.54 Å². The van der Waals surface area contributed by atoms with Crippen molar-refractivity contribution < 1.29 is 50.3 Å². The molecule has 0 aliphatic carbocycles. The maximum Gasteiger partial charge on any atom is 0.303 e. The van der Waals surface area contributed by atoms with Crippen LogP contribution in [0.5, 0.6) is 0 Å². The molecule has 0 fully saturated rings. The van der Waals surface area contributed by atoms with Crippen LogP contribution in [0, 0.1) is 0 Å². The molecular weight excluding hydrogens is 709 g/mol. The Morgan fingerprint density at radius 2 is 1.33 bits per heavy atom. The van der Waals surface area contributed by atoms with Gasteiger partial charge in [0.25, 0.3) is 20.2 Å². The first-order valence-electron chi connectivity index (χ1n) is 17.3. The molecule has 0 bridgehead atoms. The van der Waals surface area contributed by atoms with Crippen molar-refractivity contribution in [2.45, 2.75) is 107 Å². The van der Waals surface area contributed by atoms with Crippen LogP contribution < -0.4 is 4.90 Å². The van der Waals surface area contributed by atoms with Crippen LogP contribution in [-0.4, -0.2) is 71.5 Å². The molecule has 0 radical (unpaired) electrons. The predicted octanol–water partition coefficient (Wildman–Crippen LogP) is 7.03. The number of hydrogen-bond donors (Lipinski definition) is 4. The minimum Gasteiger partial charge on any atom is -0.481 e. The molecule has 282 valence electrons. The average molecular weight is 758 g/mol. The van der Waals surface area contributed by atoms with Gasteiger partial charge < -0.3 is 15.1 Å². The first-order valence-corrected chi connectivity index (χ1v) is 20.2. The molecule has 2 heterocycles. The quantitative estimate of drug-likeness (QED) is 0.0561. The van der Waals surface area contributed by atoms with E-state index < -0.39 is 43.0 Å². The van der Waals surface area contributed by atoms with Gasteiger partial charge in [-0.2, -0.15) is 21.4 Å². The summed E-state index contributed by atoms with van der Waals surface area (Å²) in [6.45, 7) is 11.0. The molecule has 2 aliphatic rings. The highest BCUT2D eigenvalue weighted by molar-refractivity contribution is 7.86. The third-order valence-corrected chi connectivity index (χ3v) is 11.6. The highest BCUT2D eigenvalue weighted by Gasteiger charge is 2.45. The Balaban J connectivity index is 1.69. The molecule has 2 aromatic rings. The van der Waals surface area contributed by atoms with E-state index in [4.69, 9.17) is 10.2 Å². The van der Waals surface area contributed by atoms with Gasteiger partial charge in [-0.3, -0.25) is 18.7 Å². The third-order valence-electron chi connectivity index (χ3n) is 9.88. The van der Waals surface area contributed by atoms with Gasteiger partial charge in [-0.05, 0) is 88.4 Å². The minimum atomic E-state index is -4.43. The Hall–Kier alpha value is -4.11. The molecule has 4 N–H and O–H groups in total. The summed E-state index contributed by atoms with van der Waals surface area (Å²) in [6, 6.07) is 9.14. The van der Waals surface area contributed by atoms with Crippen LogP contribution in [0.15, 0.2) is 81.8 Å². The Bertz CT molecular complexity index is 2070. The standard InChI is InChI=1S/C38H48N2O10S2/c1-26(14-20-33-37(2,3)29-24-27(51(45,46)47)16-18-31(29)39(33)22-10-6-8-12-35(41)42)15-21-34-38(4,5)30-25-28(52(48,49)50)17-19-32(30)40(34)23-11-7-9-13-36(43)44/h14-21,24-25H,6-13,22-23H2,1-5H3,(H3-,41,42,43,44,45,46,47,48,49,50)/p+1. The summed E-state index contributed by atoms with van der Waals surface area (Å²) in [5.74, 6) is -1.69. The fourth-order valence-electron chi connectivity index (χ4n) is 7.03. The summed E-state index contributed by atoms with van der Waals surface area (Å²) in [7, 11) is -8.85. The molecule has 0 saturated carbocycles. The number of carboxylic acids is 2. The monoisotopic (exact) mass is 757 g/mol. The van der Waals surface area contributed by atoms with Crippen LogP contribution in [0.4, 0.5) is 11.4 Å². The Kier molecular flexibility index (Phi) is 12.4. The van der Waals surface area contributed by atoms with Gasteiger partial charge in [0.15, 0.2) is 5.71 Å². The Morgan fingerprint density at radius 3 is 1.90 bits per heavy atom. The molecule has 2 aliphatic heterocycles. The van der Waals surface area contributed by atoms with Gasteiger partial charge in [0, 0.05) is 60.3 Å². The molecule has 4 rings (SSSR count). The first kappa shape index (κ1) is 40.7. The molecular formula is C38H49N2O10S2+. The zero-order valence-electron chi connectivity index (χ0n) is 30.3. The van der Waals surface area contributed by atoms with E-state index >= 15 is 0 Å². The number of anilines is 1. The predicted molar refractivity (Wildman–Crippen MR) is 199 cm³/mol. The molecule has 14 heteroatoms. The van der Waals surface area contributed by atoms with Crippen molar-refractivity contribution in [1.82, 2.24) is 0 Å². The van der Waals surface area contributed by atoms with Crippen LogP contribution in [-0.2, 0) is 40.7 Å². The summed E-state index contributed by atoms with van der Waals surface area (Å²) >= 11 is 0. The maximum atomic E-state index is 12.0. The number of allylic oxidation sites excluding steroid dienone is 6. The molecule has 0 atom stereocenters. The van der Waals surface area contributed by atoms with Crippen molar-refractivity contribution in [2.24, 2.45) is 0 Å². The lowest BCUT2D eigenvalue weighted by atomic mass is 9.81. The zero-order chi connectivity index (χ0) is 38.6. The van der Waals surface area contributed by atoms with E-state index in [-0.39, 0.29) is 22.6 Å². The van der Waals surface area contributed by atoms with Crippen molar-refractivity contribution in [3.05, 3.63) is 83.1 Å². The van der Waals surface area contributed by atoms with Crippen LogP contribution in [0.3, 0.4) is 0 Å². The van der Waals surface area contributed by atoms with Gasteiger partial charge in [-0.25, -0.2) is 0 Å². The lowest BCUT2D eigenvalue weighted by molar-refractivity contribution is -0.438. The fraction of sp³-hybridized carbons (Fsp3) is 0.447. The number of aliphatic carboxylic acids is 2. The van der Waals surface area contributed by atoms with Crippen LogP contribution in [0.2, 0.25) is 0 Å². The highest BCUT2D eigenvalue weighted by Crippen LogP contribution is 2.49. The maximum absolute atomic E-state index is 12.0. The van der Waals surface area contributed by atoms with E-state index in [1.807, 2.05) is 58.9 Å². The van der Waals surface area contributed by atoms with Crippen LogP contribution in [0.1, 0.15) is 97.1 Å². The lowest BCUT2D eigenvalue weighted by Gasteiger charge is -2.27. The van der Waals surface area contributed by atoms with E-state index in [0.29, 0.717) is 51.6 Å². The minimum absolute atomic E-state index is 0.0848. The third kappa shape index (κ3) is 9.27. The van der Waals surface area contributed by atoms with Crippen molar-refractivity contribution in [3.8, 4) is 0 Å². The number of rotatable bonds is 17. The second kappa shape index (κ2) is 15.9. The number of carboxylic acid groups (broad SMARTS) is 2. The number of benzene rings is 2. The SMILES string of the molecule is CC(/C=C/C1=[N+](CCCCCC(=O)O)c2ccc(S(=O)(=O)O)cc2C1(C)C)=C\C=C1\N(CCCCCC(=O)O)c2ccc(S(=O)(=O)O)cc2C1(C)C. The normalized spacial score (nSPS) is 17.6. The highest BCUT2D eigenvalue weighted by atomic mass is 32.2. The number of hydrogen-bond acceptors (Lipinski definition) is 7. The van der Waals surface area contributed by atoms with Gasteiger partial charge in [-0.15, -0.1) is 0 Å². The number of carbonyl (C=O) groups is 2. The van der Waals surface area contributed by atoms with Gasteiger partial charge in [-0.1, -0.05) is 38.0 Å². The number of nitrogens with zero attached hydrogens (tertiary/aromatic N) is 2. The molecule has 0 unspecified atom stereocenters. The van der Waals surface area contributed by atoms with E-state index in [9.17, 15) is 35.5 Å². The molecule has 0 aromatic heterocycles. The smallest absolute Gasteiger partial charge is 0.303 e. The van der Waals surface area contributed by atoms with Crippen LogP contribution >= 0.6 is 0 Å². The van der Waals surface area contributed by atoms with Gasteiger partial charge >= 0.3 is 11.9 Å². The van der Waals surface area contributed by atoms with Gasteiger partial charge in [0.05, 0.1) is 15.2 Å². The zero-order valence-corrected chi connectivity index (χ0v) is 31.9. The molecule has 0 amide bonds. The van der Waals surface area contributed by atoms with E-state index in [1.54, 1.807) is 12.1 Å². The van der Waals surface area contributed by atoms with E-state index in [1.165, 1.54) is 24.3 Å². The number of unbranched alkanes of at least 4 members (excludes halogenated alkanes) is 4. The van der Waals surface area contributed by atoms with Crippen molar-refractivity contribution in [2.75, 3.05) is 18.0 Å². The van der Waals surface area contributed by atoms with Crippen LogP contribution in [0.25, 0.3) is 0 Å². The molecule has 0 saturated heterocycles. The summed E-state index contributed by atoms with van der Waals surface area (Å²) in [4.78, 5) is 23.8. The molecule has 12 nitrogen and oxygen atoms in total. The van der Waals surface area contributed by atoms with E-state index in [0.717, 1.165) is 39.5 Å². The first-order chi connectivity index (χ1) is 24.2. The molecule has 2 aromatic carbocycles.